The number of hydrogen-bond donors (Lipinski definition) is 2. The van der Waals surface area contributed by atoms with Crippen LogP contribution < -0.4 is 4.74 Å². The number of carbonyl (C=O) groups is 1. The molecule has 0 saturated carbocycles. The van der Waals surface area contributed by atoms with E-state index in [4.69, 9.17) is 9.84 Å². The number of H-pyrrole nitrogens is 1. The average molecular weight is 348 g/mol. The van der Waals surface area contributed by atoms with E-state index in [-0.39, 0.29) is 0 Å². The number of aromatic amines is 1. The molecule has 0 atom stereocenters. The lowest BCUT2D eigenvalue weighted by Crippen LogP contribution is -2.33. The highest BCUT2D eigenvalue weighted by molar-refractivity contribution is 5.89. The fourth-order valence-electron chi connectivity index (χ4n) is 3.45. The molecule has 1 aliphatic rings. The van der Waals surface area contributed by atoms with Crippen molar-refractivity contribution in [1.82, 2.24) is 9.88 Å². The van der Waals surface area contributed by atoms with Crippen molar-refractivity contribution in [2.45, 2.75) is 6.42 Å². The minimum Gasteiger partial charge on any atom is -0.496 e. The summed E-state index contributed by atoms with van der Waals surface area (Å²) in [6, 6.07) is 16.4. The number of rotatable bonds is 3. The van der Waals surface area contributed by atoms with Crippen molar-refractivity contribution in [1.29, 1.82) is 0 Å². The fraction of sp³-hybridized carbons (Fsp3) is 0.190. The van der Waals surface area contributed by atoms with Crippen molar-refractivity contribution >= 4 is 22.6 Å². The molecule has 5 heteroatoms. The molecule has 0 saturated heterocycles. The predicted octanol–water partition coefficient (Wildman–Crippen LogP) is 4.61. The summed E-state index contributed by atoms with van der Waals surface area (Å²) < 4.78 is 5.46. The number of hydrogen-bond acceptors (Lipinski definition) is 2. The Morgan fingerprint density at radius 3 is 2.77 bits per heavy atom. The second-order valence-electron chi connectivity index (χ2n) is 6.39. The number of ether oxygens (including phenoxy) is 1. The van der Waals surface area contributed by atoms with E-state index in [0.717, 1.165) is 39.9 Å². The third-order valence-corrected chi connectivity index (χ3v) is 4.87. The van der Waals surface area contributed by atoms with Gasteiger partial charge in [0.2, 0.25) is 0 Å². The van der Waals surface area contributed by atoms with Gasteiger partial charge in [-0.25, -0.2) is 4.79 Å². The second kappa shape index (κ2) is 6.59. The van der Waals surface area contributed by atoms with Gasteiger partial charge >= 0.3 is 6.09 Å². The first-order valence-corrected chi connectivity index (χ1v) is 8.59. The maximum Gasteiger partial charge on any atom is 0.407 e. The summed E-state index contributed by atoms with van der Waals surface area (Å²) in [7, 11) is 1.68. The molecule has 1 aliphatic heterocycles. The molecule has 3 aromatic rings. The largest absolute Gasteiger partial charge is 0.496 e. The smallest absolute Gasteiger partial charge is 0.407 e. The molecular weight excluding hydrogens is 328 g/mol. The summed E-state index contributed by atoms with van der Waals surface area (Å²) in [5, 5.41) is 10.2. The Hall–Kier alpha value is -3.21. The quantitative estimate of drug-likeness (QED) is 0.726. The Kier molecular flexibility index (Phi) is 4.13. The van der Waals surface area contributed by atoms with Gasteiger partial charge in [0, 0.05) is 29.6 Å². The van der Waals surface area contributed by atoms with Crippen LogP contribution in [0.1, 0.15) is 12.0 Å². The number of nitrogens with one attached hydrogen (secondary N) is 1. The van der Waals surface area contributed by atoms with E-state index >= 15 is 0 Å². The van der Waals surface area contributed by atoms with Gasteiger partial charge in [-0.05, 0) is 47.9 Å². The average Bonchev–Trinajstić information content (AvgIpc) is 3.11. The molecule has 0 aliphatic carbocycles. The molecule has 0 radical (unpaired) electrons. The van der Waals surface area contributed by atoms with Crippen LogP contribution in [0.3, 0.4) is 0 Å². The Labute approximate surface area is 151 Å². The highest BCUT2D eigenvalue weighted by Gasteiger charge is 2.17. The molecule has 2 aromatic carbocycles. The van der Waals surface area contributed by atoms with Gasteiger partial charge in [-0.1, -0.05) is 24.3 Å². The van der Waals surface area contributed by atoms with Crippen LogP contribution in [0.4, 0.5) is 4.79 Å². The predicted molar refractivity (Wildman–Crippen MR) is 102 cm³/mol. The maximum atomic E-state index is 11.0. The normalized spacial score (nSPS) is 14.3. The van der Waals surface area contributed by atoms with E-state index in [0.29, 0.717) is 13.1 Å². The summed E-state index contributed by atoms with van der Waals surface area (Å²) in [4.78, 5) is 15.9. The van der Waals surface area contributed by atoms with Gasteiger partial charge in [0.25, 0.3) is 0 Å². The second-order valence-corrected chi connectivity index (χ2v) is 6.39. The molecule has 0 fully saturated rings. The Morgan fingerprint density at radius 2 is 2.04 bits per heavy atom. The summed E-state index contributed by atoms with van der Waals surface area (Å²) in [6.45, 7) is 0.987. The monoisotopic (exact) mass is 348 g/mol. The summed E-state index contributed by atoms with van der Waals surface area (Å²) in [5.41, 5.74) is 5.46. The van der Waals surface area contributed by atoms with Crippen LogP contribution in [0.2, 0.25) is 0 Å². The van der Waals surface area contributed by atoms with E-state index < -0.39 is 6.09 Å². The van der Waals surface area contributed by atoms with E-state index in [9.17, 15) is 4.79 Å². The highest BCUT2D eigenvalue weighted by Crippen LogP contribution is 2.33. The molecule has 26 heavy (non-hydrogen) atoms. The van der Waals surface area contributed by atoms with Gasteiger partial charge in [-0.3, -0.25) is 0 Å². The van der Waals surface area contributed by atoms with Crippen LogP contribution in [0.5, 0.6) is 5.75 Å². The number of para-hydroxylation sites is 1. The summed E-state index contributed by atoms with van der Waals surface area (Å²) in [5.74, 6) is 0.836. The van der Waals surface area contributed by atoms with Crippen molar-refractivity contribution < 1.29 is 14.6 Å². The molecule has 2 N–H and O–H groups in total. The molecule has 5 nitrogen and oxygen atoms in total. The molecule has 4 rings (SSSR count). The first-order chi connectivity index (χ1) is 12.7. The van der Waals surface area contributed by atoms with Crippen LogP contribution in [0.15, 0.2) is 54.6 Å². The van der Waals surface area contributed by atoms with Crippen molar-refractivity contribution in [2.75, 3.05) is 20.2 Å². The number of amides is 1. The number of methoxy groups -OCH3 is 1. The van der Waals surface area contributed by atoms with Gasteiger partial charge in [0.05, 0.1) is 12.8 Å². The molecule has 0 unspecified atom stereocenters. The lowest BCUT2D eigenvalue weighted by molar-refractivity contribution is 0.150. The van der Waals surface area contributed by atoms with E-state index in [1.165, 1.54) is 10.5 Å². The van der Waals surface area contributed by atoms with Crippen molar-refractivity contribution in [3.63, 3.8) is 0 Å². The van der Waals surface area contributed by atoms with Crippen molar-refractivity contribution in [2.24, 2.45) is 0 Å². The number of nitrogens with zero attached hydrogens (tertiary/aromatic N) is 1. The Balaban J connectivity index is 1.68. The zero-order valence-electron chi connectivity index (χ0n) is 14.5. The Bertz CT molecular complexity index is 1000. The molecule has 0 bridgehead atoms. The first-order valence-electron chi connectivity index (χ1n) is 8.59. The van der Waals surface area contributed by atoms with Crippen LogP contribution in [-0.4, -0.2) is 41.3 Å². The third kappa shape index (κ3) is 2.92. The van der Waals surface area contributed by atoms with Crippen molar-refractivity contribution in [3.8, 4) is 17.0 Å². The summed E-state index contributed by atoms with van der Waals surface area (Å²) >= 11 is 0. The fourth-order valence-corrected chi connectivity index (χ4v) is 3.45. The van der Waals surface area contributed by atoms with Gasteiger partial charge in [0.15, 0.2) is 0 Å². The van der Waals surface area contributed by atoms with Gasteiger partial charge in [-0.15, -0.1) is 0 Å². The summed E-state index contributed by atoms with van der Waals surface area (Å²) in [6.07, 6.45) is 1.89. The van der Waals surface area contributed by atoms with Crippen molar-refractivity contribution in [3.05, 3.63) is 60.2 Å². The third-order valence-electron chi connectivity index (χ3n) is 4.87. The lowest BCUT2D eigenvalue weighted by atomic mass is 9.98. The van der Waals surface area contributed by atoms with E-state index in [1.54, 1.807) is 7.11 Å². The number of carboxylic acid groups (broad SMARTS) is 1. The van der Waals surface area contributed by atoms with Crippen LogP contribution in [0.25, 0.3) is 27.7 Å². The van der Waals surface area contributed by atoms with Crippen LogP contribution >= 0.6 is 0 Å². The molecule has 132 valence electrons. The Morgan fingerprint density at radius 1 is 1.19 bits per heavy atom. The van der Waals surface area contributed by atoms with Gasteiger partial charge < -0.3 is 19.7 Å². The standard InChI is InChI=1S/C21H20N2O3/c1-26-20-5-3-2-4-17(20)19-13-16-12-15(6-7-18(16)22-19)14-8-10-23(11-9-14)21(24)25/h2-8,12-13,22H,9-11H2,1H3,(H,24,25). The van der Waals surface area contributed by atoms with Crippen LogP contribution in [-0.2, 0) is 0 Å². The minimum absolute atomic E-state index is 0.447. The topological polar surface area (TPSA) is 65.6 Å². The number of aromatic nitrogens is 1. The van der Waals surface area contributed by atoms with E-state index in [2.05, 4.69) is 29.2 Å². The SMILES string of the molecule is COc1ccccc1-c1cc2cc(C3=CCN(C(=O)O)CC3)ccc2[nH]1. The molecular formula is C21H20N2O3. The van der Waals surface area contributed by atoms with E-state index in [1.807, 2.05) is 30.3 Å². The number of benzene rings is 2. The molecule has 1 amide bonds. The van der Waals surface area contributed by atoms with Gasteiger partial charge in [-0.2, -0.15) is 0 Å². The minimum atomic E-state index is -0.858. The highest BCUT2D eigenvalue weighted by atomic mass is 16.5. The molecule has 2 heterocycles. The maximum absolute atomic E-state index is 11.0. The zero-order valence-corrected chi connectivity index (χ0v) is 14.5. The van der Waals surface area contributed by atoms with Crippen LogP contribution in [0, 0.1) is 0 Å². The van der Waals surface area contributed by atoms with Gasteiger partial charge in [0.1, 0.15) is 5.75 Å². The lowest BCUT2D eigenvalue weighted by Gasteiger charge is -2.23. The molecule has 0 spiro atoms. The first kappa shape index (κ1) is 16.3. The number of fused-ring (bicyclic) bond motifs is 1. The molecule has 1 aromatic heterocycles. The zero-order chi connectivity index (χ0) is 18.1.